The second kappa shape index (κ2) is 7.05. The maximum Gasteiger partial charge on any atom is 0.357 e. The number of esters is 1. The lowest BCUT2D eigenvalue weighted by Gasteiger charge is -2.10. The van der Waals surface area contributed by atoms with Crippen LogP contribution < -0.4 is 0 Å². The van der Waals surface area contributed by atoms with Gasteiger partial charge in [0.05, 0.1) is 17.2 Å². The molecule has 4 rings (SSSR count). The number of thioether (sulfide) groups is 1. The highest BCUT2D eigenvalue weighted by Gasteiger charge is 2.19. The topological polar surface area (TPSA) is 72.8 Å². The first kappa shape index (κ1) is 16.4. The van der Waals surface area contributed by atoms with Crippen LogP contribution in [0.2, 0.25) is 0 Å². The van der Waals surface area contributed by atoms with Crippen molar-refractivity contribution in [3.63, 3.8) is 0 Å². The minimum Gasteiger partial charge on any atom is -0.453 e. The Morgan fingerprint density at radius 1 is 1.15 bits per heavy atom. The van der Waals surface area contributed by atoms with E-state index in [2.05, 4.69) is 15.0 Å². The molecule has 2 aromatic carbocycles. The number of imidazole rings is 2. The second-order valence-corrected chi connectivity index (χ2v) is 6.35. The first-order chi connectivity index (χ1) is 12.8. The number of hydrogen-bond acceptors (Lipinski definition) is 5. The van der Waals surface area contributed by atoms with Crippen molar-refractivity contribution in [2.75, 3.05) is 6.26 Å². The largest absolute Gasteiger partial charge is 0.453 e. The molecular formula is C19H16N4O2S. The number of hydrogen-bond donors (Lipinski definition) is 1. The Bertz CT molecular complexity index is 1020. The summed E-state index contributed by atoms with van der Waals surface area (Å²) in [6.45, 7) is 0.0715. The third kappa shape index (κ3) is 3.09. The number of nitrogens with one attached hydrogen (secondary N) is 1. The monoisotopic (exact) mass is 364 g/mol. The van der Waals surface area contributed by atoms with Crippen LogP contribution >= 0.6 is 11.8 Å². The van der Waals surface area contributed by atoms with Gasteiger partial charge in [0.1, 0.15) is 12.4 Å². The fraction of sp³-hybridized carbons (Fsp3) is 0.105. The molecular weight excluding hydrogens is 348 g/mol. The SMILES string of the molecule is CSc1ncc(C(=O)OCc2nc3ccccc3[nH]2)n1-c1ccccc1. The number of aromatic amines is 1. The predicted molar refractivity (Wildman–Crippen MR) is 101 cm³/mol. The van der Waals surface area contributed by atoms with E-state index in [0.717, 1.165) is 21.9 Å². The lowest BCUT2D eigenvalue weighted by molar-refractivity contribution is 0.0453. The molecule has 2 heterocycles. The van der Waals surface area contributed by atoms with Crippen LogP contribution in [0, 0.1) is 0 Å². The smallest absolute Gasteiger partial charge is 0.357 e. The molecule has 0 fully saturated rings. The van der Waals surface area contributed by atoms with Gasteiger partial charge in [-0.15, -0.1) is 0 Å². The molecule has 26 heavy (non-hydrogen) atoms. The van der Waals surface area contributed by atoms with E-state index < -0.39 is 5.97 Å². The van der Waals surface area contributed by atoms with Crippen molar-refractivity contribution < 1.29 is 9.53 Å². The summed E-state index contributed by atoms with van der Waals surface area (Å²) >= 11 is 1.47. The van der Waals surface area contributed by atoms with Crippen molar-refractivity contribution in [2.24, 2.45) is 0 Å². The zero-order valence-corrected chi connectivity index (χ0v) is 14.9. The molecule has 4 aromatic rings. The number of carbonyl (C=O) groups is 1. The van der Waals surface area contributed by atoms with Crippen molar-refractivity contribution in [1.29, 1.82) is 0 Å². The Hall–Kier alpha value is -3.06. The molecule has 0 unspecified atom stereocenters. The molecule has 0 aliphatic heterocycles. The molecule has 0 atom stereocenters. The molecule has 1 N–H and O–H groups in total. The van der Waals surface area contributed by atoms with Gasteiger partial charge in [0.2, 0.25) is 0 Å². The van der Waals surface area contributed by atoms with Crippen LogP contribution in [0.4, 0.5) is 0 Å². The first-order valence-corrected chi connectivity index (χ1v) is 9.26. The molecule has 2 aromatic heterocycles. The number of benzene rings is 2. The Kier molecular flexibility index (Phi) is 4.45. The van der Waals surface area contributed by atoms with Crippen molar-refractivity contribution >= 4 is 28.8 Å². The van der Waals surface area contributed by atoms with Gasteiger partial charge in [0, 0.05) is 5.69 Å². The second-order valence-electron chi connectivity index (χ2n) is 5.58. The Morgan fingerprint density at radius 3 is 2.69 bits per heavy atom. The zero-order valence-electron chi connectivity index (χ0n) is 14.0. The van der Waals surface area contributed by atoms with Gasteiger partial charge >= 0.3 is 5.97 Å². The van der Waals surface area contributed by atoms with Gasteiger partial charge in [-0.2, -0.15) is 0 Å². The van der Waals surface area contributed by atoms with Gasteiger partial charge in [-0.3, -0.25) is 4.57 Å². The lowest BCUT2D eigenvalue weighted by atomic mass is 10.3. The van der Waals surface area contributed by atoms with Crippen molar-refractivity contribution in [3.8, 4) is 5.69 Å². The molecule has 7 heteroatoms. The lowest BCUT2D eigenvalue weighted by Crippen LogP contribution is -2.12. The third-order valence-electron chi connectivity index (χ3n) is 3.91. The van der Waals surface area contributed by atoms with E-state index >= 15 is 0 Å². The normalized spacial score (nSPS) is 11.0. The van der Waals surface area contributed by atoms with Crippen molar-refractivity contribution in [1.82, 2.24) is 19.5 Å². The first-order valence-electron chi connectivity index (χ1n) is 8.04. The number of ether oxygens (including phenoxy) is 1. The Morgan fingerprint density at radius 2 is 1.92 bits per heavy atom. The van der Waals surface area contributed by atoms with E-state index in [0.29, 0.717) is 11.5 Å². The van der Waals surface area contributed by atoms with Crippen LogP contribution in [0.3, 0.4) is 0 Å². The molecule has 0 bridgehead atoms. The predicted octanol–water partition coefficient (Wildman–Crippen LogP) is 3.83. The number of aromatic nitrogens is 4. The quantitative estimate of drug-likeness (QED) is 0.430. The maximum atomic E-state index is 12.6. The van der Waals surface area contributed by atoms with E-state index in [-0.39, 0.29) is 6.61 Å². The van der Waals surface area contributed by atoms with Crippen LogP contribution in [0.1, 0.15) is 16.3 Å². The van der Waals surface area contributed by atoms with Gasteiger partial charge in [0.25, 0.3) is 0 Å². The Labute approximate surface area is 154 Å². The van der Waals surface area contributed by atoms with Crippen LogP contribution in [0.15, 0.2) is 66.0 Å². The molecule has 0 amide bonds. The van der Waals surface area contributed by atoms with Gasteiger partial charge in [-0.1, -0.05) is 42.1 Å². The summed E-state index contributed by atoms with van der Waals surface area (Å²) in [5, 5.41) is 0.729. The molecule has 0 spiro atoms. The fourth-order valence-electron chi connectivity index (χ4n) is 2.73. The van der Waals surface area contributed by atoms with Gasteiger partial charge in [-0.25, -0.2) is 14.8 Å². The van der Waals surface area contributed by atoms with E-state index in [9.17, 15) is 4.79 Å². The van der Waals surface area contributed by atoms with Crippen molar-refractivity contribution in [2.45, 2.75) is 11.8 Å². The van der Waals surface area contributed by atoms with Crippen LogP contribution in [-0.4, -0.2) is 31.7 Å². The molecule has 6 nitrogen and oxygen atoms in total. The number of para-hydroxylation sites is 3. The molecule has 130 valence electrons. The Balaban J connectivity index is 1.57. The van der Waals surface area contributed by atoms with Crippen LogP contribution in [0.5, 0.6) is 0 Å². The third-order valence-corrected chi connectivity index (χ3v) is 4.57. The number of rotatable bonds is 5. The summed E-state index contributed by atoms with van der Waals surface area (Å²) in [4.78, 5) is 24.5. The van der Waals surface area contributed by atoms with E-state index in [1.54, 1.807) is 10.8 Å². The average Bonchev–Trinajstić information content (AvgIpc) is 3.30. The minimum atomic E-state index is -0.442. The van der Waals surface area contributed by atoms with Crippen LogP contribution in [0.25, 0.3) is 16.7 Å². The average molecular weight is 364 g/mol. The number of H-pyrrole nitrogens is 1. The molecule has 0 aliphatic rings. The summed E-state index contributed by atoms with van der Waals surface area (Å²) in [5.74, 6) is 0.164. The highest BCUT2D eigenvalue weighted by Crippen LogP contribution is 2.22. The maximum absolute atomic E-state index is 12.6. The van der Waals surface area contributed by atoms with E-state index in [1.807, 2.05) is 60.9 Å². The summed E-state index contributed by atoms with van der Waals surface area (Å²) in [5.41, 5.74) is 3.01. The number of nitrogens with zero attached hydrogens (tertiary/aromatic N) is 3. The summed E-state index contributed by atoms with van der Waals surface area (Å²) in [7, 11) is 0. The number of fused-ring (bicyclic) bond motifs is 1. The summed E-state index contributed by atoms with van der Waals surface area (Å²) in [6.07, 6.45) is 3.46. The van der Waals surface area contributed by atoms with Crippen LogP contribution in [-0.2, 0) is 11.3 Å². The standard InChI is InChI=1S/C19H16N4O2S/c1-26-19-20-11-16(23(19)13-7-3-2-4-8-13)18(24)25-12-17-21-14-9-5-6-10-15(14)22-17/h2-11H,12H2,1H3,(H,21,22). The van der Waals surface area contributed by atoms with Gasteiger partial charge in [0.15, 0.2) is 10.9 Å². The number of carbonyl (C=O) groups excluding carboxylic acids is 1. The zero-order chi connectivity index (χ0) is 17.9. The molecule has 0 radical (unpaired) electrons. The molecule has 0 aliphatic carbocycles. The van der Waals surface area contributed by atoms with E-state index in [4.69, 9.17) is 4.74 Å². The van der Waals surface area contributed by atoms with Gasteiger partial charge < -0.3 is 9.72 Å². The van der Waals surface area contributed by atoms with E-state index in [1.165, 1.54) is 11.8 Å². The van der Waals surface area contributed by atoms with Gasteiger partial charge in [-0.05, 0) is 30.5 Å². The molecule has 0 saturated heterocycles. The summed E-state index contributed by atoms with van der Waals surface area (Å²) in [6, 6.07) is 17.3. The van der Waals surface area contributed by atoms with Crippen molar-refractivity contribution in [3.05, 3.63) is 72.3 Å². The molecule has 0 saturated carbocycles. The highest BCUT2D eigenvalue weighted by molar-refractivity contribution is 7.98. The summed E-state index contributed by atoms with van der Waals surface area (Å²) < 4.78 is 7.26. The minimum absolute atomic E-state index is 0.0715. The fourth-order valence-corrected chi connectivity index (χ4v) is 3.28. The highest BCUT2D eigenvalue weighted by atomic mass is 32.2.